The van der Waals surface area contributed by atoms with Crippen molar-refractivity contribution in [1.82, 2.24) is 19.7 Å². The third-order valence-electron chi connectivity index (χ3n) is 5.02. The minimum Gasteiger partial charge on any atom is -0.420 e. The van der Waals surface area contributed by atoms with Crippen LogP contribution in [0.2, 0.25) is 0 Å². The maximum atomic E-state index is 12.9. The van der Waals surface area contributed by atoms with Crippen LogP contribution in [-0.2, 0) is 25.6 Å². The van der Waals surface area contributed by atoms with Crippen molar-refractivity contribution in [2.75, 3.05) is 0 Å². The summed E-state index contributed by atoms with van der Waals surface area (Å²) >= 11 is 2.97. The summed E-state index contributed by atoms with van der Waals surface area (Å²) in [7, 11) is 1.73. The predicted molar refractivity (Wildman–Crippen MR) is 113 cm³/mol. The van der Waals surface area contributed by atoms with Crippen molar-refractivity contribution in [3.63, 3.8) is 0 Å². The fraction of sp³-hybridized carbons (Fsp3) is 0.263. The van der Waals surface area contributed by atoms with Crippen LogP contribution >= 0.6 is 23.1 Å². The van der Waals surface area contributed by atoms with Gasteiger partial charge in [-0.05, 0) is 37.0 Å². The number of thioether (sulfide) groups is 1. The molecule has 0 radical (unpaired) electrons. The fourth-order valence-corrected chi connectivity index (χ4v) is 5.63. The SMILES string of the molecule is Cn1c(SCc2nnc(-c3ccc([N+](=O)[O-])cc3)o2)nc2sc3c(c2c1=O)CCC3. The Balaban J connectivity index is 1.37. The Morgan fingerprint density at radius 1 is 1.27 bits per heavy atom. The Labute approximate surface area is 177 Å². The quantitative estimate of drug-likeness (QED) is 0.199. The van der Waals surface area contributed by atoms with Crippen molar-refractivity contribution >= 4 is 39.0 Å². The van der Waals surface area contributed by atoms with Gasteiger partial charge in [0.2, 0.25) is 11.8 Å². The third kappa shape index (κ3) is 3.19. The van der Waals surface area contributed by atoms with Gasteiger partial charge in [0, 0.05) is 29.6 Å². The second-order valence-corrected chi connectivity index (χ2v) is 8.92. The van der Waals surface area contributed by atoms with Gasteiger partial charge < -0.3 is 4.42 Å². The molecule has 0 fully saturated rings. The highest BCUT2D eigenvalue weighted by Crippen LogP contribution is 2.35. The number of nitro benzene ring substituents is 1. The Morgan fingerprint density at radius 3 is 2.83 bits per heavy atom. The van der Waals surface area contributed by atoms with Gasteiger partial charge in [-0.2, -0.15) is 0 Å². The lowest BCUT2D eigenvalue weighted by Gasteiger charge is -2.06. The van der Waals surface area contributed by atoms with Gasteiger partial charge >= 0.3 is 0 Å². The van der Waals surface area contributed by atoms with Crippen LogP contribution in [-0.4, -0.2) is 24.7 Å². The molecule has 0 amide bonds. The predicted octanol–water partition coefficient (Wildman–Crippen LogP) is 3.73. The van der Waals surface area contributed by atoms with Gasteiger partial charge in [-0.15, -0.1) is 21.5 Å². The van der Waals surface area contributed by atoms with Gasteiger partial charge in [0.25, 0.3) is 11.2 Å². The number of aryl methyl sites for hydroxylation is 2. The van der Waals surface area contributed by atoms with Crippen LogP contribution < -0.4 is 5.56 Å². The summed E-state index contributed by atoms with van der Waals surface area (Å²) in [6.45, 7) is 0. The van der Waals surface area contributed by atoms with Crippen LogP contribution in [0.4, 0.5) is 5.69 Å². The zero-order valence-electron chi connectivity index (χ0n) is 15.8. The molecule has 9 nitrogen and oxygen atoms in total. The van der Waals surface area contributed by atoms with Crippen LogP contribution in [0.15, 0.2) is 38.6 Å². The summed E-state index contributed by atoms with van der Waals surface area (Å²) in [4.78, 5) is 29.9. The number of hydrogen-bond acceptors (Lipinski definition) is 9. The molecule has 152 valence electrons. The molecule has 0 spiro atoms. The van der Waals surface area contributed by atoms with Crippen molar-refractivity contribution in [1.29, 1.82) is 0 Å². The van der Waals surface area contributed by atoms with E-state index < -0.39 is 4.92 Å². The molecule has 4 aromatic rings. The average molecular weight is 441 g/mol. The summed E-state index contributed by atoms with van der Waals surface area (Å²) in [5.74, 6) is 1.03. The number of rotatable bonds is 5. The topological polar surface area (TPSA) is 117 Å². The summed E-state index contributed by atoms with van der Waals surface area (Å²) < 4.78 is 7.25. The Morgan fingerprint density at radius 2 is 2.07 bits per heavy atom. The van der Waals surface area contributed by atoms with E-state index in [1.807, 2.05) is 0 Å². The van der Waals surface area contributed by atoms with Gasteiger partial charge in [0.05, 0.1) is 16.1 Å². The molecule has 0 saturated heterocycles. The Kier molecular flexibility index (Phi) is 4.63. The Bertz CT molecular complexity index is 1340. The van der Waals surface area contributed by atoms with Crippen LogP contribution in [0.25, 0.3) is 21.7 Å². The van der Waals surface area contributed by atoms with E-state index in [-0.39, 0.29) is 17.1 Å². The largest absolute Gasteiger partial charge is 0.420 e. The summed E-state index contributed by atoms with van der Waals surface area (Å²) in [6, 6.07) is 5.91. The molecule has 3 heterocycles. The van der Waals surface area contributed by atoms with Crippen molar-refractivity contribution in [3.8, 4) is 11.5 Å². The number of fused-ring (bicyclic) bond motifs is 3. The number of hydrogen-bond donors (Lipinski definition) is 0. The number of nitrogens with zero attached hydrogens (tertiary/aromatic N) is 5. The highest BCUT2D eigenvalue weighted by Gasteiger charge is 2.22. The number of thiophene rings is 1. The van der Waals surface area contributed by atoms with Crippen molar-refractivity contribution in [3.05, 3.63) is 61.1 Å². The fourth-order valence-electron chi connectivity index (χ4n) is 3.52. The van der Waals surface area contributed by atoms with E-state index in [1.165, 1.54) is 34.3 Å². The minimum atomic E-state index is -0.462. The molecule has 1 aliphatic rings. The summed E-state index contributed by atoms with van der Waals surface area (Å²) in [5, 5.41) is 20.2. The van der Waals surface area contributed by atoms with Gasteiger partial charge in [0.1, 0.15) is 4.83 Å². The standard InChI is InChI=1S/C19H15N5O4S2/c1-23-18(25)15-12-3-2-4-13(12)30-17(15)20-19(23)29-9-14-21-22-16(28-14)10-5-7-11(8-6-10)24(26)27/h5-8H,2-4,9H2,1H3. The molecule has 0 atom stereocenters. The molecule has 5 rings (SSSR count). The maximum absolute atomic E-state index is 12.9. The van der Waals surface area contributed by atoms with Crippen LogP contribution in [0.3, 0.4) is 0 Å². The molecular formula is C19H15N5O4S2. The van der Waals surface area contributed by atoms with Gasteiger partial charge in [-0.1, -0.05) is 11.8 Å². The molecule has 0 bridgehead atoms. The van der Waals surface area contributed by atoms with Crippen molar-refractivity contribution in [2.45, 2.75) is 30.2 Å². The normalized spacial score (nSPS) is 13.1. The highest BCUT2D eigenvalue weighted by atomic mass is 32.2. The van der Waals surface area contributed by atoms with Gasteiger partial charge in [0.15, 0.2) is 5.16 Å². The van der Waals surface area contributed by atoms with Gasteiger partial charge in [-0.3, -0.25) is 19.5 Å². The molecular weight excluding hydrogens is 426 g/mol. The van der Waals surface area contributed by atoms with Crippen LogP contribution in [0, 0.1) is 10.1 Å². The second kappa shape index (κ2) is 7.33. The first-order chi connectivity index (χ1) is 14.5. The lowest BCUT2D eigenvalue weighted by atomic mass is 10.2. The maximum Gasteiger partial charge on any atom is 0.269 e. The third-order valence-corrected chi connectivity index (χ3v) is 7.22. The zero-order valence-corrected chi connectivity index (χ0v) is 17.5. The number of aromatic nitrogens is 4. The first-order valence-electron chi connectivity index (χ1n) is 9.22. The number of non-ortho nitro benzene ring substituents is 1. The van der Waals surface area contributed by atoms with Gasteiger partial charge in [-0.25, -0.2) is 4.98 Å². The van der Waals surface area contributed by atoms with Crippen LogP contribution in [0.5, 0.6) is 0 Å². The lowest BCUT2D eigenvalue weighted by molar-refractivity contribution is -0.384. The monoisotopic (exact) mass is 441 g/mol. The first kappa shape index (κ1) is 18.9. The molecule has 0 saturated carbocycles. The first-order valence-corrected chi connectivity index (χ1v) is 11.0. The highest BCUT2D eigenvalue weighted by molar-refractivity contribution is 7.98. The van der Waals surface area contributed by atoms with E-state index in [2.05, 4.69) is 10.2 Å². The second-order valence-electron chi connectivity index (χ2n) is 6.89. The van der Waals surface area contributed by atoms with E-state index in [9.17, 15) is 14.9 Å². The zero-order chi connectivity index (χ0) is 20.8. The Hall–Kier alpha value is -3.05. The average Bonchev–Trinajstić information content (AvgIpc) is 3.45. The van der Waals surface area contributed by atoms with Crippen LogP contribution in [0.1, 0.15) is 22.8 Å². The lowest BCUT2D eigenvalue weighted by Crippen LogP contribution is -2.20. The molecule has 0 N–H and O–H groups in total. The van der Waals surface area contributed by atoms with Crippen molar-refractivity contribution in [2.24, 2.45) is 7.05 Å². The molecule has 11 heteroatoms. The van der Waals surface area contributed by atoms with Crippen molar-refractivity contribution < 1.29 is 9.34 Å². The van der Waals surface area contributed by atoms with E-state index in [0.29, 0.717) is 22.4 Å². The van der Waals surface area contributed by atoms with E-state index in [0.717, 1.165) is 29.5 Å². The minimum absolute atomic E-state index is 0.00372. The summed E-state index contributed by atoms with van der Waals surface area (Å²) in [5.41, 5.74) is 1.75. The molecule has 30 heavy (non-hydrogen) atoms. The van der Waals surface area contributed by atoms with E-state index in [4.69, 9.17) is 9.40 Å². The smallest absolute Gasteiger partial charge is 0.269 e. The van der Waals surface area contributed by atoms with E-state index in [1.54, 1.807) is 35.1 Å². The molecule has 3 aromatic heterocycles. The summed E-state index contributed by atoms with van der Waals surface area (Å²) in [6.07, 6.45) is 3.08. The molecule has 0 aliphatic heterocycles. The van der Waals surface area contributed by atoms with E-state index >= 15 is 0 Å². The molecule has 1 aromatic carbocycles. The number of nitro groups is 1. The molecule has 0 unspecified atom stereocenters. The molecule has 1 aliphatic carbocycles. The number of benzene rings is 1.